The predicted molar refractivity (Wildman–Crippen MR) is 108 cm³/mol. The molecule has 0 aliphatic heterocycles. The van der Waals surface area contributed by atoms with Gasteiger partial charge in [-0.25, -0.2) is 15.4 Å². The molecule has 2 aromatic rings. The predicted octanol–water partition coefficient (Wildman–Crippen LogP) is 4.84. The minimum Gasteiger partial charge on any atom is -0.507 e. The molecule has 0 fully saturated rings. The third-order valence-corrected chi connectivity index (χ3v) is 4.11. The van der Waals surface area contributed by atoms with Crippen molar-refractivity contribution >= 4 is 12.2 Å². The number of aryl methyl sites for hydroxylation is 2. The Hall–Kier alpha value is -2.43. The molecule has 0 radical (unpaired) electrons. The van der Waals surface area contributed by atoms with E-state index in [9.17, 15) is 5.11 Å². The Labute approximate surface area is 156 Å². The number of phenolic OH excluding ortho intramolecular Hbond substituents is 1. The Kier molecular flexibility index (Phi) is 5.40. The molecule has 5 heteroatoms. The number of nitrogens with zero attached hydrogens (tertiary/aromatic N) is 3. The molecule has 0 aliphatic carbocycles. The van der Waals surface area contributed by atoms with Crippen molar-refractivity contribution in [2.24, 2.45) is 5.10 Å². The van der Waals surface area contributed by atoms with Gasteiger partial charge in [0.05, 0.1) is 6.21 Å². The highest BCUT2D eigenvalue weighted by atomic mass is 16.3. The van der Waals surface area contributed by atoms with Crippen LogP contribution in [0.5, 0.6) is 5.75 Å². The molecule has 0 saturated heterocycles. The Bertz CT molecular complexity index is 772. The fourth-order valence-corrected chi connectivity index (χ4v) is 2.82. The van der Waals surface area contributed by atoms with E-state index in [-0.39, 0.29) is 10.8 Å². The van der Waals surface area contributed by atoms with Gasteiger partial charge in [0.1, 0.15) is 5.75 Å². The highest BCUT2D eigenvalue weighted by molar-refractivity contribution is 5.82. The number of aromatic hydroxyl groups is 1. The molecule has 1 aromatic heterocycles. The average Bonchev–Trinajstić information content (AvgIpc) is 2.45. The lowest BCUT2D eigenvalue weighted by molar-refractivity contribution is 0.423. The van der Waals surface area contributed by atoms with E-state index in [0.29, 0.717) is 11.7 Å². The van der Waals surface area contributed by atoms with Crippen molar-refractivity contribution in [3.05, 3.63) is 46.3 Å². The highest BCUT2D eigenvalue weighted by Crippen LogP contribution is 2.39. The molecule has 5 nitrogen and oxygen atoms in total. The molecule has 0 saturated carbocycles. The van der Waals surface area contributed by atoms with Gasteiger partial charge < -0.3 is 5.11 Å². The zero-order valence-electron chi connectivity index (χ0n) is 17.1. The van der Waals surface area contributed by atoms with Crippen molar-refractivity contribution in [1.29, 1.82) is 0 Å². The first-order valence-corrected chi connectivity index (χ1v) is 8.87. The van der Waals surface area contributed by atoms with Gasteiger partial charge >= 0.3 is 0 Å². The number of nitrogens with one attached hydrogen (secondary N) is 1. The first-order valence-electron chi connectivity index (χ1n) is 8.87. The minimum atomic E-state index is -0.169. The summed E-state index contributed by atoms with van der Waals surface area (Å²) in [4.78, 5) is 8.63. The van der Waals surface area contributed by atoms with Gasteiger partial charge in [-0.05, 0) is 48.4 Å². The van der Waals surface area contributed by atoms with Crippen LogP contribution in [0.3, 0.4) is 0 Å². The van der Waals surface area contributed by atoms with E-state index in [4.69, 9.17) is 0 Å². The number of hydrazone groups is 1. The van der Waals surface area contributed by atoms with Crippen LogP contribution < -0.4 is 5.43 Å². The van der Waals surface area contributed by atoms with Crippen LogP contribution >= 0.6 is 0 Å². The third-order valence-electron chi connectivity index (χ3n) is 4.11. The topological polar surface area (TPSA) is 70.4 Å². The summed E-state index contributed by atoms with van der Waals surface area (Å²) in [5.74, 6) is 0.845. The first-order chi connectivity index (χ1) is 11.9. The van der Waals surface area contributed by atoms with Crippen molar-refractivity contribution < 1.29 is 5.11 Å². The Morgan fingerprint density at radius 3 is 1.77 bits per heavy atom. The zero-order chi connectivity index (χ0) is 19.7. The second-order valence-corrected chi connectivity index (χ2v) is 8.81. The summed E-state index contributed by atoms with van der Waals surface area (Å²) in [5, 5.41) is 15.1. The number of anilines is 1. The number of hydrogen-bond donors (Lipinski definition) is 2. The van der Waals surface area contributed by atoms with Crippen molar-refractivity contribution in [2.75, 3.05) is 5.43 Å². The summed E-state index contributed by atoms with van der Waals surface area (Å²) in [7, 11) is 0. The molecule has 140 valence electrons. The number of aromatic nitrogens is 2. The zero-order valence-corrected chi connectivity index (χ0v) is 17.1. The van der Waals surface area contributed by atoms with Crippen LogP contribution in [0, 0.1) is 13.8 Å². The Morgan fingerprint density at radius 1 is 0.885 bits per heavy atom. The van der Waals surface area contributed by atoms with Crippen molar-refractivity contribution in [3.63, 3.8) is 0 Å². The normalized spacial score (nSPS) is 12.6. The van der Waals surface area contributed by atoms with E-state index < -0.39 is 0 Å². The summed E-state index contributed by atoms with van der Waals surface area (Å²) in [6, 6.07) is 5.89. The summed E-state index contributed by atoms with van der Waals surface area (Å²) < 4.78 is 0. The Balaban J connectivity index is 2.39. The van der Waals surface area contributed by atoms with Gasteiger partial charge in [0.15, 0.2) is 0 Å². The van der Waals surface area contributed by atoms with E-state index in [1.165, 1.54) is 0 Å². The number of phenols is 1. The first kappa shape index (κ1) is 19.9. The fraction of sp³-hybridized carbons (Fsp3) is 0.476. The van der Waals surface area contributed by atoms with E-state index in [1.807, 2.05) is 32.0 Å². The lowest BCUT2D eigenvalue weighted by Crippen LogP contribution is -2.18. The highest BCUT2D eigenvalue weighted by Gasteiger charge is 2.26. The van der Waals surface area contributed by atoms with Crippen molar-refractivity contribution in [2.45, 2.75) is 66.2 Å². The van der Waals surface area contributed by atoms with Gasteiger partial charge in [0.2, 0.25) is 5.95 Å². The van der Waals surface area contributed by atoms with E-state index >= 15 is 0 Å². The number of benzene rings is 1. The van der Waals surface area contributed by atoms with Crippen molar-refractivity contribution in [3.8, 4) is 5.75 Å². The van der Waals surface area contributed by atoms with Crippen LogP contribution in [0.1, 0.15) is 69.6 Å². The molecule has 0 amide bonds. The molecule has 0 unspecified atom stereocenters. The van der Waals surface area contributed by atoms with Gasteiger partial charge in [-0.3, -0.25) is 0 Å². The van der Waals surface area contributed by atoms with Crippen LogP contribution in [0.25, 0.3) is 0 Å². The summed E-state index contributed by atoms with van der Waals surface area (Å²) in [5.41, 5.74) is 7.09. The fourth-order valence-electron chi connectivity index (χ4n) is 2.82. The summed E-state index contributed by atoms with van der Waals surface area (Å²) in [6.07, 6.45) is 1.74. The molecule has 2 rings (SSSR count). The second kappa shape index (κ2) is 7.06. The largest absolute Gasteiger partial charge is 0.507 e. The smallest absolute Gasteiger partial charge is 0.243 e. The quantitative estimate of drug-likeness (QED) is 0.611. The molecule has 0 atom stereocenters. The summed E-state index contributed by atoms with van der Waals surface area (Å²) in [6.45, 7) is 16.4. The standard InChI is InChI=1S/C21H30N4O/c1-13-9-14(2)24-19(23-13)25-22-12-15-10-16(20(3,4)5)18(26)17(11-15)21(6,7)8/h9-12,26H,1-8H3,(H,23,24,25). The SMILES string of the molecule is Cc1cc(C)nc(NN=Cc2cc(C(C)(C)C)c(O)c(C(C)(C)C)c2)n1. The van der Waals surface area contributed by atoms with Gasteiger partial charge in [0, 0.05) is 22.5 Å². The molecule has 1 aromatic carbocycles. The van der Waals surface area contributed by atoms with E-state index in [1.54, 1.807) is 6.21 Å². The van der Waals surface area contributed by atoms with Gasteiger partial charge in [-0.15, -0.1) is 0 Å². The number of hydrogen-bond acceptors (Lipinski definition) is 5. The Morgan fingerprint density at radius 2 is 1.35 bits per heavy atom. The van der Waals surface area contributed by atoms with Crippen molar-refractivity contribution in [1.82, 2.24) is 9.97 Å². The van der Waals surface area contributed by atoms with Gasteiger partial charge in [0.25, 0.3) is 0 Å². The molecule has 0 bridgehead atoms. The molecule has 26 heavy (non-hydrogen) atoms. The average molecular weight is 354 g/mol. The van der Waals surface area contributed by atoms with E-state index in [0.717, 1.165) is 28.1 Å². The molecule has 1 heterocycles. The monoisotopic (exact) mass is 354 g/mol. The molecular formula is C21H30N4O. The maximum atomic E-state index is 10.8. The van der Waals surface area contributed by atoms with Crippen LogP contribution in [0.4, 0.5) is 5.95 Å². The van der Waals surface area contributed by atoms with Gasteiger partial charge in [-0.1, -0.05) is 41.5 Å². The van der Waals surface area contributed by atoms with Crippen LogP contribution in [0.2, 0.25) is 0 Å². The second-order valence-electron chi connectivity index (χ2n) is 8.81. The molecular weight excluding hydrogens is 324 g/mol. The molecule has 0 spiro atoms. The molecule has 2 N–H and O–H groups in total. The maximum absolute atomic E-state index is 10.8. The van der Waals surface area contributed by atoms with Crippen LogP contribution in [0.15, 0.2) is 23.3 Å². The van der Waals surface area contributed by atoms with Gasteiger partial charge in [-0.2, -0.15) is 5.10 Å². The van der Waals surface area contributed by atoms with Crippen LogP contribution in [-0.2, 0) is 10.8 Å². The number of rotatable bonds is 3. The van der Waals surface area contributed by atoms with E-state index in [2.05, 4.69) is 62.0 Å². The molecule has 0 aliphatic rings. The van der Waals surface area contributed by atoms with Crippen LogP contribution in [-0.4, -0.2) is 21.3 Å². The lowest BCUT2D eigenvalue weighted by atomic mass is 9.78. The lowest BCUT2D eigenvalue weighted by Gasteiger charge is -2.27. The summed E-state index contributed by atoms with van der Waals surface area (Å²) >= 11 is 0. The minimum absolute atomic E-state index is 0.169. The maximum Gasteiger partial charge on any atom is 0.243 e. The third kappa shape index (κ3) is 4.81.